The summed E-state index contributed by atoms with van der Waals surface area (Å²) >= 11 is 0. The molecule has 0 saturated carbocycles. The van der Waals surface area contributed by atoms with Crippen molar-refractivity contribution in [3.05, 3.63) is 35.4 Å². The molecule has 5 N–H and O–H groups in total. The van der Waals surface area contributed by atoms with Gasteiger partial charge in [0, 0.05) is 0 Å². The van der Waals surface area contributed by atoms with Crippen LogP contribution in [0.2, 0.25) is 0 Å². The molecule has 1 aliphatic rings. The molecule has 0 fully saturated rings. The van der Waals surface area contributed by atoms with Gasteiger partial charge >= 0.3 is 0 Å². The molecule has 1 heterocycles. The Labute approximate surface area is 92.8 Å². The van der Waals surface area contributed by atoms with E-state index < -0.39 is 23.9 Å². The highest BCUT2D eigenvalue weighted by Gasteiger charge is 2.31. The number of primary amides is 2. The molecule has 0 spiro atoms. The highest BCUT2D eigenvalue weighted by atomic mass is 16.2. The number of fused-ring (bicyclic) bond motifs is 1. The van der Waals surface area contributed by atoms with Gasteiger partial charge in [0.2, 0.25) is 11.8 Å². The molecule has 84 valence electrons. The molecule has 1 aromatic rings. The van der Waals surface area contributed by atoms with Gasteiger partial charge in [-0.1, -0.05) is 24.3 Å². The highest BCUT2D eigenvalue weighted by Crippen LogP contribution is 2.24. The molecule has 5 nitrogen and oxygen atoms in total. The minimum absolute atomic E-state index is 0.472. The summed E-state index contributed by atoms with van der Waals surface area (Å²) in [6.45, 7) is 0. The minimum atomic E-state index is -0.637. The second-order valence-electron chi connectivity index (χ2n) is 3.86. The van der Waals surface area contributed by atoms with Crippen LogP contribution in [-0.2, 0) is 16.0 Å². The van der Waals surface area contributed by atoms with Crippen LogP contribution in [0.3, 0.4) is 0 Å². The maximum absolute atomic E-state index is 11.3. The summed E-state index contributed by atoms with van der Waals surface area (Å²) in [5.41, 5.74) is 12.3. The first-order valence-corrected chi connectivity index (χ1v) is 5.02. The van der Waals surface area contributed by atoms with Crippen LogP contribution in [0.4, 0.5) is 0 Å². The van der Waals surface area contributed by atoms with E-state index >= 15 is 0 Å². The molecular formula is C11H13N3O2. The van der Waals surface area contributed by atoms with Gasteiger partial charge in [-0.25, -0.2) is 0 Å². The van der Waals surface area contributed by atoms with Gasteiger partial charge < -0.3 is 11.5 Å². The Kier molecular flexibility index (Phi) is 2.62. The standard InChI is InChI=1S/C11H13N3O2/c12-10(15)8-5-6-3-1-2-4-7(6)9(14-8)11(13)16/h1-4,8-9,14H,5H2,(H2,12,15)(H2,13,16). The molecule has 2 rings (SSSR count). The average Bonchev–Trinajstić information content (AvgIpc) is 2.27. The molecule has 1 aliphatic heterocycles. The first-order valence-electron chi connectivity index (χ1n) is 5.02. The molecule has 0 aliphatic carbocycles. The molecule has 0 bridgehead atoms. The topological polar surface area (TPSA) is 98.2 Å². The van der Waals surface area contributed by atoms with Crippen LogP contribution in [-0.4, -0.2) is 17.9 Å². The van der Waals surface area contributed by atoms with Crippen molar-refractivity contribution in [3.63, 3.8) is 0 Å². The summed E-state index contributed by atoms with van der Waals surface area (Å²) in [5, 5.41) is 2.86. The van der Waals surface area contributed by atoms with Crippen LogP contribution < -0.4 is 16.8 Å². The summed E-state index contributed by atoms with van der Waals surface area (Å²) in [7, 11) is 0. The van der Waals surface area contributed by atoms with Gasteiger partial charge in [-0.05, 0) is 17.5 Å². The molecule has 0 radical (unpaired) electrons. The van der Waals surface area contributed by atoms with Gasteiger partial charge in [0.05, 0.1) is 6.04 Å². The number of hydrogen-bond donors (Lipinski definition) is 3. The highest BCUT2D eigenvalue weighted by molar-refractivity contribution is 5.86. The third-order valence-corrected chi connectivity index (χ3v) is 2.79. The fourth-order valence-corrected chi connectivity index (χ4v) is 1.99. The summed E-state index contributed by atoms with van der Waals surface area (Å²) in [4.78, 5) is 22.4. The smallest absolute Gasteiger partial charge is 0.239 e. The van der Waals surface area contributed by atoms with Crippen molar-refractivity contribution in [2.75, 3.05) is 0 Å². The van der Waals surface area contributed by atoms with Crippen molar-refractivity contribution in [1.82, 2.24) is 5.32 Å². The van der Waals surface area contributed by atoms with Crippen molar-refractivity contribution in [3.8, 4) is 0 Å². The van der Waals surface area contributed by atoms with Crippen molar-refractivity contribution in [2.45, 2.75) is 18.5 Å². The van der Waals surface area contributed by atoms with E-state index in [2.05, 4.69) is 5.32 Å². The zero-order chi connectivity index (χ0) is 11.7. The lowest BCUT2D eigenvalue weighted by Crippen LogP contribution is -2.51. The molecule has 0 saturated heterocycles. The Balaban J connectivity index is 2.41. The first kappa shape index (κ1) is 10.6. The number of nitrogens with two attached hydrogens (primary N) is 2. The van der Waals surface area contributed by atoms with Gasteiger partial charge in [-0.15, -0.1) is 0 Å². The lowest BCUT2D eigenvalue weighted by atomic mass is 9.89. The van der Waals surface area contributed by atoms with Gasteiger partial charge in [-0.2, -0.15) is 0 Å². The van der Waals surface area contributed by atoms with Crippen molar-refractivity contribution >= 4 is 11.8 Å². The van der Waals surface area contributed by atoms with Crippen molar-refractivity contribution < 1.29 is 9.59 Å². The maximum Gasteiger partial charge on any atom is 0.239 e. The normalized spacial score (nSPS) is 23.5. The van der Waals surface area contributed by atoms with Crippen LogP contribution in [0, 0.1) is 0 Å². The first-order chi connectivity index (χ1) is 7.59. The Bertz CT molecular complexity index is 445. The molecule has 2 atom stereocenters. The van der Waals surface area contributed by atoms with Gasteiger partial charge in [0.15, 0.2) is 0 Å². The molecule has 16 heavy (non-hydrogen) atoms. The van der Waals surface area contributed by atoms with Crippen LogP contribution in [0.25, 0.3) is 0 Å². The van der Waals surface area contributed by atoms with Crippen LogP contribution >= 0.6 is 0 Å². The summed E-state index contributed by atoms with van der Waals surface area (Å²) in [6.07, 6.45) is 0.495. The quantitative estimate of drug-likeness (QED) is 0.608. The predicted molar refractivity (Wildman–Crippen MR) is 58.2 cm³/mol. The average molecular weight is 219 g/mol. The SMILES string of the molecule is NC(=O)C1Cc2ccccc2C(C(N)=O)N1. The Morgan fingerprint density at radius 3 is 2.50 bits per heavy atom. The Hall–Kier alpha value is -1.88. The predicted octanol–water partition coefficient (Wildman–Crippen LogP) is -0.787. The molecular weight excluding hydrogens is 206 g/mol. The number of carbonyl (C=O) groups excluding carboxylic acids is 2. The van der Waals surface area contributed by atoms with Crippen LogP contribution in [0.15, 0.2) is 24.3 Å². The minimum Gasteiger partial charge on any atom is -0.368 e. The molecule has 2 unspecified atom stereocenters. The Morgan fingerprint density at radius 1 is 1.19 bits per heavy atom. The Morgan fingerprint density at radius 2 is 1.88 bits per heavy atom. The third-order valence-electron chi connectivity index (χ3n) is 2.79. The lowest BCUT2D eigenvalue weighted by Gasteiger charge is -2.29. The van der Waals surface area contributed by atoms with E-state index in [0.717, 1.165) is 11.1 Å². The second-order valence-corrected chi connectivity index (χ2v) is 3.86. The molecule has 5 heteroatoms. The fourth-order valence-electron chi connectivity index (χ4n) is 1.99. The van der Waals surface area contributed by atoms with Crippen molar-refractivity contribution in [1.29, 1.82) is 0 Å². The van der Waals surface area contributed by atoms with Crippen LogP contribution in [0.1, 0.15) is 17.2 Å². The summed E-state index contributed by atoms with van der Waals surface area (Å²) < 4.78 is 0. The number of carbonyl (C=O) groups is 2. The molecule has 1 aromatic carbocycles. The van der Waals surface area contributed by atoms with E-state index in [1.54, 1.807) is 0 Å². The van der Waals surface area contributed by atoms with Gasteiger partial charge in [-0.3, -0.25) is 14.9 Å². The number of hydrogen-bond acceptors (Lipinski definition) is 3. The fraction of sp³-hybridized carbons (Fsp3) is 0.273. The second kappa shape index (κ2) is 3.94. The number of amides is 2. The van der Waals surface area contributed by atoms with Gasteiger partial charge in [0.1, 0.15) is 6.04 Å². The van der Waals surface area contributed by atoms with E-state index in [4.69, 9.17) is 11.5 Å². The number of nitrogens with one attached hydrogen (secondary N) is 1. The summed E-state index contributed by atoms with van der Waals surface area (Å²) in [5.74, 6) is -0.973. The third kappa shape index (κ3) is 1.77. The summed E-state index contributed by atoms with van der Waals surface area (Å²) in [6, 6.07) is 6.23. The monoisotopic (exact) mass is 219 g/mol. The number of rotatable bonds is 2. The van der Waals surface area contributed by atoms with E-state index in [9.17, 15) is 9.59 Å². The molecule has 0 aromatic heterocycles. The van der Waals surface area contributed by atoms with E-state index in [-0.39, 0.29) is 0 Å². The number of benzene rings is 1. The van der Waals surface area contributed by atoms with Crippen LogP contribution in [0.5, 0.6) is 0 Å². The maximum atomic E-state index is 11.3. The van der Waals surface area contributed by atoms with E-state index in [1.165, 1.54) is 0 Å². The largest absolute Gasteiger partial charge is 0.368 e. The zero-order valence-electron chi connectivity index (χ0n) is 8.64. The zero-order valence-corrected chi connectivity index (χ0v) is 8.64. The van der Waals surface area contributed by atoms with Crippen molar-refractivity contribution in [2.24, 2.45) is 11.5 Å². The van der Waals surface area contributed by atoms with E-state index in [1.807, 2.05) is 24.3 Å². The van der Waals surface area contributed by atoms with E-state index in [0.29, 0.717) is 6.42 Å². The molecule has 2 amide bonds. The van der Waals surface area contributed by atoms with Gasteiger partial charge in [0.25, 0.3) is 0 Å². The lowest BCUT2D eigenvalue weighted by molar-refractivity contribution is -0.123.